The number of methoxy groups -OCH3 is 1. The zero-order chi connectivity index (χ0) is 19.9. The maximum atomic E-state index is 13.5. The summed E-state index contributed by atoms with van der Waals surface area (Å²) >= 11 is 0. The van der Waals surface area contributed by atoms with E-state index >= 15 is 0 Å². The monoisotopic (exact) mass is 385 g/mol. The fourth-order valence-electron chi connectivity index (χ4n) is 7.64. The van der Waals surface area contributed by atoms with Gasteiger partial charge in [0, 0.05) is 18.0 Å². The van der Waals surface area contributed by atoms with Crippen molar-refractivity contribution in [3.05, 3.63) is 41.5 Å². The number of aliphatic hydroxyl groups is 2. The molecule has 3 aliphatic heterocycles. The van der Waals surface area contributed by atoms with Crippen molar-refractivity contribution in [2.24, 2.45) is 11.3 Å². The standard InChI is InChI=1S/C22H29N2O4/c1-4-14-11-16-18(26)22-21(9-10-24(22,2)12-14,20(16,13-25)19(27)28-3)15-7-5-6-8-17(15)23-22/h4-8,16,18,23,25-26H,9-13H2,1-3H3/q+1/b14-4+/t16-,18+,20-,21-,22?,24?/m0/s1. The zero-order valence-corrected chi connectivity index (χ0v) is 16.7. The summed E-state index contributed by atoms with van der Waals surface area (Å²) in [6.07, 6.45) is 2.63. The molecule has 2 saturated heterocycles. The molecule has 2 unspecified atom stereocenters. The van der Waals surface area contributed by atoms with Gasteiger partial charge in [-0.3, -0.25) is 9.28 Å². The summed E-state index contributed by atoms with van der Waals surface area (Å²) in [5.74, 6) is -0.817. The van der Waals surface area contributed by atoms with Crippen LogP contribution in [0.1, 0.15) is 25.3 Å². The van der Waals surface area contributed by atoms with E-state index in [4.69, 9.17) is 4.74 Å². The second-order valence-corrected chi connectivity index (χ2v) is 9.19. The molecule has 6 heteroatoms. The predicted molar refractivity (Wildman–Crippen MR) is 104 cm³/mol. The Kier molecular flexibility index (Phi) is 3.49. The van der Waals surface area contributed by atoms with Crippen molar-refractivity contribution in [2.75, 3.05) is 39.2 Å². The first-order chi connectivity index (χ1) is 13.4. The number of rotatable bonds is 2. The van der Waals surface area contributed by atoms with Crippen LogP contribution in [0.15, 0.2) is 35.9 Å². The molecule has 6 nitrogen and oxygen atoms in total. The van der Waals surface area contributed by atoms with Crippen molar-refractivity contribution in [1.29, 1.82) is 0 Å². The maximum Gasteiger partial charge on any atom is 0.315 e. The molecule has 0 aromatic heterocycles. The lowest BCUT2D eigenvalue weighted by Crippen LogP contribution is -2.71. The lowest BCUT2D eigenvalue weighted by atomic mass is 9.56. The third kappa shape index (κ3) is 1.52. The molecule has 3 heterocycles. The summed E-state index contributed by atoms with van der Waals surface area (Å²) in [6.45, 7) is 3.33. The van der Waals surface area contributed by atoms with E-state index < -0.39 is 34.5 Å². The number of hydrogen-bond donors (Lipinski definition) is 3. The maximum absolute atomic E-state index is 13.5. The Morgan fingerprint density at radius 1 is 1.43 bits per heavy atom. The largest absolute Gasteiger partial charge is 0.468 e. The Bertz CT molecular complexity index is 900. The number of aliphatic hydroxyl groups excluding tert-OH is 2. The van der Waals surface area contributed by atoms with E-state index in [2.05, 4.69) is 24.5 Å². The highest BCUT2D eigenvalue weighted by Gasteiger charge is 2.90. The number of quaternary nitrogens is 1. The summed E-state index contributed by atoms with van der Waals surface area (Å²) < 4.78 is 5.94. The summed E-state index contributed by atoms with van der Waals surface area (Å²) in [6, 6.07) is 8.03. The molecule has 3 N–H and O–H groups in total. The van der Waals surface area contributed by atoms with Gasteiger partial charge in [-0.15, -0.1) is 0 Å². The van der Waals surface area contributed by atoms with Gasteiger partial charge in [-0.25, -0.2) is 0 Å². The first-order valence-corrected chi connectivity index (χ1v) is 10.1. The van der Waals surface area contributed by atoms with Gasteiger partial charge < -0.3 is 20.3 Å². The second-order valence-electron chi connectivity index (χ2n) is 9.19. The average molecular weight is 385 g/mol. The lowest BCUT2D eigenvalue weighted by Gasteiger charge is -2.50. The molecule has 1 aromatic rings. The fraction of sp³-hybridized carbons (Fsp3) is 0.591. The van der Waals surface area contributed by atoms with E-state index in [1.165, 1.54) is 12.7 Å². The van der Waals surface area contributed by atoms with Gasteiger partial charge in [0.05, 0.1) is 32.7 Å². The Labute approximate surface area is 165 Å². The Hall–Kier alpha value is -1.89. The topological polar surface area (TPSA) is 78.8 Å². The number of hydrogen-bond acceptors (Lipinski definition) is 5. The first kappa shape index (κ1) is 18.2. The van der Waals surface area contributed by atoms with Gasteiger partial charge in [0.15, 0.2) is 0 Å². The van der Waals surface area contributed by atoms with Crippen LogP contribution in [0, 0.1) is 11.3 Å². The molecule has 6 atom stereocenters. The van der Waals surface area contributed by atoms with Gasteiger partial charge in [0.25, 0.3) is 0 Å². The van der Waals surface area contributed by atoms with Crippen LogP contribution in [0.3, 0.4) is 0 Å². The zero-order valence-electron chi connectivity index (χ0n) is 16.7. The predicted octanol–water partition coefficient (Wildman–Crippen LogP) is 1.39. The molecule has 0 radical (unpaired) electrons. The summed E-state index contributed by atoms with van der Waals surface area (Å²) in [7, 11) is 3.57. The molecule has 0 amide bonds. The molecule has 1 saturated carbocycles. The van der Waals surface area contributed by atoms with Gasteiger partial charge in [-0.2, -0.15) is 0 Å². The Morgan fingerprint density at radius 3 is 2.86 bits per heavy atom. The van der Waals surface area contributed by atoms with Crippen molar-refractivity contribution in [2.45, 2.75) is 36.9 Å². The number of carbonyl (C=O) groups excluding carboxylic acids is 1. The SMILES string of the molecule is C/C=C1\C[C@H]2[C@@H](O)C34Nc5ccccc5[C@@]3(CC[N+]4(C)C1)[C@]2(CO)C(=O)OC. The number of allylic oxidation sites excluding steroid dienone is 1. The second kappa shape index (κ2) is 5.38. The van der Waals surface area contributed by atoms with Crippen LogP contribution in [-0.4, -0.2) is 66.3 Å². The number of fused-ring (bicyclic) bond motifs is 2. The Balaban J connectivity index is 1.92. The number of nitrogens with one attached hydrogen (secondary N) is 1. The highest BCUT2D eigenvalue weighted by atomic mass is 16.5. The van der Waals surface area contributed by atoms with Crippen molar-refractivity contribution in [3.8, 4) is 0 Å². The van der Waals surface area contributed by atoms with Gasteiger partial charge in [0.1, 0.15) is 18.1 Å². The van der Waals surface area contributed by atoms with Gasteiger partial charge in [0.2, 0.25) is 5.66 Å². The van der Waals surface area contributed by atoms with Crippen LogP contribution in [0.5, 0.6) is 0 Å². The van der Waals surface area contributed by atoms with Crippen LogP contribution in [0.2, 0.25) is 0 Å². The van der Waals surface area contributed by atoms with Gasteiger partial charge in [-0.1, -0.05) is 24.3 Å². The van der Waals surface area contributed by atoms with Gasteiger partial charge in [-0.05, 0) is 30.5 Å². The highest BCUT2D eigenvalue weighted by molar-refractivity contribution is 5.85. The Morgan fingerprint density at radius 2 is 2.18 bits per heavy atom. The van der Waals surface area contributed by atoms with E-state index in [1.54, 1.807) is 0 Å². The fourth-order valence-corrected chi connectivity index (χ4v) is 7.64. The minimum Gasteiger partial charge on any atom is -0.468 e. The van der Waals surface area contributed by atoms with Crippen molar-refractivity contribution in [3.63, 3.8) is 0 Å². The number of nitrogens with zero attached hydrogens (tertiary/aromatic N) is 1. The number of anilines is 1. The highest BCUT2D eigenvalue weighted by Crippen LogP contribution is 2.75. The molecule has 4 aliphatic rings. The first-order valence-electron chi connectivity index (χ1n) is 10.1. The number of benzene rings is 1. The number of likely N-dealkylation sites (N-methyl/N-ethyl adjacent to an activating group) is 1. The average Bonchev–Trinajstić information content (AvgIpc) is 3.20. The van der Waals surface area contributed by atoms with E-state index in [-0.39, 0.29) is 6.61 Å². The van der Waals surface area contributed by atoms with Crippen LogP contribution >= 0.6 is 0 Å². The summed E-state index contributed by atoms with van der Waals surface area (Å²) in [5, 5.41) is 26.4. The van der Waals surface area contributed by atoms with Crippen LogP contribution < -0.4 is 5.32 Å². The molecule has 1 aromatic carbocycles. The molecule has 1 aliphatic carbocycles. The molecule has 5 rings (SSSR count). The van der Waals surface area contributed by atoms with Gasteiger partial charge >= 0.3 is 5.97 Å². The van der Waals surface area contributed by atoms with E-state index in [9.17, 15) is 15.0 Å². The molecule has 150 valence electrons. The molecule has 3 fully saturated rings. The third-order valence-corrected chi connectivity index (χ3v) is 8.64. The quantitative estimate of drug-likeness (QED) is 0.407. The smallest absolute Gasteiger partial charge is 0.315 e. The molecular weight excluding hydrogens is 356 g/mol. The normalized spacial score (nSPS) is 46.7. The van der Waals surface area contributed by atoms with E-state index in [1.807, 2.05) is 25.1 Å². The van der Waals surface area contributed by atoms with E-state index in [0.717, 1.165) is 24.3 Å². The summed E-state index contributed by atoms with van der Waals surface area (Å²) in [5.41, 5.74) is 0.542. The van der Waals surface area contributed by atoms with Crippen molar-refractivity contribution < 1.29 is 24.2 Å². The van der Waals surface area contributed by atoms with Crippen molar-refractivity contribution >= 4 is 11.7 Å². The van der Waals surface area contributed by atoms with Crippen LogP contribution in [0.25, 0.3) is 0 Å². The number of esters is 1. The lowest BCUT2D eigenvalue weighted by molar-refractivity contribution is -0.942. The minimum atomic E-state index is -1.19. The third-order valence-electron chi connectivity index (χ3n) is 8.64. The van der Waals surface area contributed by atoms with Crippen LogP contribution in [-0.2, 0) is 14.9 Å². The number of ether oxygens (including phenoxy) is 1. The molecule has 28 heavy (non-hydrogen) atoms. The summed E-state index contributed by atoms with van der Waals surface area (Å²) in [4.78, 5) is 13.5. The molecular formula is C22H29N2O4+. The van der Waals surface area contributed by atoms with Crippen molar-refractivity contribution in [1.82, 2.24) is 0 Å². The number of para-hydroxylation sites is 1. The van der Waals surface area contributed by atoms with Crippen LogP contribution in [0.4, 0.5) is 5.69 Å². The minimum absolute atomic E-state index is 0.337. The van der Waals surface area contributed by atoms with E-state index in [0.29, 0.717) is 17.3 Å². The number of carbonyl (C=O) groups is 1. The molecule has 2 bridgehead atoms. The molecule has 1 spiro atoms.